The van der Waals surface area contributed by atoms with Crippen molar-refractivity contribution in [1.82, 2.24) is 8.97 Å². The van der Waals surface area contributed by atoms with Crippen LogP contribution in [-0.2, 0) is 13.0 Å². The molecule has 0 saturated carbocycles. The van der Waals surface area contributed by atoms with Crippen molar-refractivity contribution in [2.24, 2.45) is 0 Å². The number of methoxy groups -OCH3 is 1. The second-order valence-corrected chi connectivity index (χ2v) is 8.97. The lowest BCUT2D eigenvalue weighted by Crippen LogP contribution is -2.03. The number of hydrogen-bond acceptors (Lipinski definition) is 2. The highest BCUT2D eigenvalue weighted by Gasteiger charge is 2.28. The summed E-state index contributed by atoms with van der Waals surface area (Å²) in [7, 11) is 1.66. The van der Waals surface area contributed by atoms with Crippen molar-refractivity contribution in [2.45, 2.75) is 39.2 Å². The molecule has 2 aromatic carbocycles. The quantitative estimate of drug-likeness (QED) is 0.288. The maximum atomic E-state index is 13.2. The molecular weight excluding hydrogens is 443 g/mol. The summed E-state index contributed by atoms with van der Waals surface area (Å²) in [6.45, 7) is 2.81. The van der Waals surface area contributed by atoms with Gasteiger partial charge in [0.05, 0.1) is 28.5 Å². The Hall–Kier alpha value is -2.69. The lowest BCUT2D eigenvalue weighted by Gasteiger charge is -2.10. The van der Waals surface area contributed by atoms with E-state index in [4.69, 9.17) is 27.9 Å². The molecule has 0 saturated heterocycles. The van der Waals surface area contributed by atoms with Crippen molar-refractivity contribution < 1.29 is 9.53 Å². The Morgan fingerprint density at radius 1 is 1.03 bits per heavy atom. The van der Waals surface area contributed by atoms with E-state index < -0.39 is 0 Å². The zero-order chi connectivity index (χ0) is 22.4. The highest BCUT2D eigenvalue weighted by molar-refractivity contribution is 6.42. The fourth-order valence-electron chi connectivity index (χ4n) is 4.78. The van der Waals surface area contributed by atoms with Gasteiger partial charge in [0.1, 0.15) is 11.4 Å². The van der Waals surface area contributed by atoms with Crippen LogP contribution in [0.1, 0.15) is 42.2 Å². The molecule has 0 unspecified atom stereocenters. The molecule has 4 aromatic rings. The monoisotopic (exact) mass is 466 g/mol. The molecule has 6 heteroatoms. The molecule has 5 rings (SSSR count). The lowest BCUT2D eigenvalue weighted by molar-refractivity contribution is 0.0983. The number of rotatable bonds is 5. The number of aryl methyl sites for hydroxylation is 2. The number of benzene rings is 2. The summed E-state index contributed by atoms with van der Waals surface area (Å²) in [5, 5.41) is 1.06. The van der Waals surface area contributed by atoms with Crippen LogP contribution in [0.3, 0.4) is 0 Å². The minimum atomic E-state index is 0.135. The van der Waals surface area contributed by atoms with Gasteiger partial charge in [0, 0.05) is 35.9 Å². The number of ether oxygens (including phenoxy) is 1. The average Bonchev–Trinajstić information content (AvgIpc) is 3.23. The fraction of sp³-hybridized carbons (Fsp3) is 0.269. The zero-order valence-electron chi connectivity index (χ0n) is 18.1. The third kappa shape index (κ3) is 3.33. The van der Waals surface area contributed by atoms with Crippen LogP contribution in [0.5, 0.6) is 5.75 Å². The van der Waals surface area contributed by atoms with E-state index >= 15 is 0 Å². The van der Waals surface area contributed by atoms with Gasteiger partial charge in [0.15, 0.2) is 5.78 Å². The molecule has 1 aliphatic heterocycles. The summed E-state index contributed by atoms with van der Waals surface area (Å²) in [4.78, 5) is 13.2. The average molecular weight is 467 g/mol. The van der Waals surface area contributed by atoms with Crippen LogP contribution in [-0.4, -0.2) is 21.9 Å². The van der Waals surface area contributed by atoms with Gasteiger partial charge in [-0.3, -0.25) is 9.20 Å². The second kappa shape index (κ2) is 8.34. The molecule has 0 spiro atoms. The first-order chi connectivity index (χ1) is 15.5. The van der Waals surface area contributed by atoms with Gasteiger partial charge in [-0.15, -0.1) is 0 Å². The van der Waals surface area contributed by atoms with Gasteiger partial charge in [-0.05, 0) is 49.1 Å². The van der Waals surface area contributed by atoms with Crippen molar-refractivity contribution in [2.75, 3.05) is 7.11 Å². The first-order valence-electron chi connectivity index (χ1n) is 10.9. The van der Waals surface area contributed by atoms with Gasteiger partial charge in [-0.2, -0.15) is 0 Å². The number of carbonyl (C=O) groups excluding carboxylic acids is 1. The Kier molecular flexibility index (Phi) is 5.52. The maximum Gasteiger partial charge on any atom is 0.179 e. The molecular formula is C26H24Cl2N2O2. The third-order valence-corrected chi connectivity index (χ3v) is 7.05. The molecule has 0 amide bonds. The van der Waals surface area contributed by atoms with Crippen LogP contribution in [0.2, 0.25) is 10.0 Å². The summed E-state index contributed by atoms with van der Waals surface area (Å²) >= 11 is 12.5. The Bertz CT molecular complexity index is 1330. The van der Waals surface area contributed by atoms with E-state index in [-0.39, 0.29) is 5.78 Å². The molecule has 3 heterocycles. The Labute approximate surface area is 197 Å². The number of halogens is 2. The molecule has 0 fully saturated rings. The number of ketones is 1. The van der Waals surface area contributed by atoms with Crippen molar-refractivity contribution >= 4 is 34.6 Å². The summed E-state index contributed by atoms with van der Waals surface area (Å²) in [6, 6.07) is 13.7. The fourth-order valence-corrected chi connectivity index (χ4v) is 5.08. The van der Waals surface area contributed by atoms with E-state index in [0.29, 0.717) is 16.5 Å². The van der Waals surface area contributed by atoms with Crippen LogP contribution in [0.25, 0.3) is 28.0 Å². The van der Waals surface area contributed by atoms with Crippen LogP contribution in [0.4, 0.5) is 0 Å². The van der Waals surface area contributed by atoms with Gasteiger partial charge in [-0.25, -0.2) is 0 Å². The number of imidazole rings is 1. The highest BCUT2D eigenvalue weighted by Crippen LogP contribution is 2.40. The van der Waals surface area contributed by atoms with E-state index in [1.54, 1.807) is 7.11 Å². The largest absolute Gasteiger partial charge is 0.497 e. The van der Waals surface area contributed by atoms with Gasteiger partial charge in [0.25, 0.3) is 0 Å². The molecule has 0 bridgehead atoms. The normalized spacial score (nSPS) is 13.4. The Balaban J connectivity index is 1.82. The van der Waals surface area contributed by atoms with Gasteiger partial charge >= 0.3 is 0 Å². The van der Waals surface area contributed by atoms with E-state index in [1.165, 1.54) is 5.56 Å². The molecule has 0 aliphatic carbocycles. The Morgan fingerprint density at radius 2 is 1.78 bits per heavy atom. The van der Waals surface area contributed by atoms with Crippen LogP contribution < -0.4 is 4.74 Å². The van der Waals surface area contributed by atoms with E-state index in [0.717, 1.165) is 65.3 Å². The molecule has 0 radical (unpaired) electrons. The molecule has 0 N–H and O–H groups in total. The lowest BCUT2D eigenvalue weighted by atomic mass is 9.96. The van der Waals surface area contributed by atoms with E-state index in [9.17, 15) is 4.79 Å². The predicted molar refractivity (Wildman–Crippen MR) is 130 cm³/mol. The first-order valence-corrected chi connectivity index (χ1v) is 11.7. The van der Waals surface area contributed by atoms with E-state index in [1.807, 2.05) is 49.4 Å². The van der Waals surface area contributed by atoms with Crippen molar-refractivity contribution in [3.05, 3.63) is 70.0 Å². The van der Waals surface area contributed by atoms with Gasteiger partial charge < -0.3 is 9.30 Å². The van der Waals surface area contributed by atoms with E-state index in [2.05, 4.69) is 15.2 Å². The standard InChI is InChI=1S/C26H24Cl2N2O2/c1-3-23(31)25-24(16-7-10-18(32-2)11-8-16)19-6-4-5-13-29-22(15-30(25)26(19)29)17-9-12-20(27)21(28)14-17/h7-12,14-15H,3-6,13H2,1-2H3. The minimum Gasteiger partial charge on any atom is -0.497 e. The van der Waals surface area contributed by atoms with Crippen molar-refractivity contribution in [1.29, 1.82) is 0 Å². The molecule has 1 aliphatic rings. The molecule has 4 nitrogen and oxygen atoms in total. The Morgan fingerprint density at radius 3 is 2.47 bits per heavy atom. The highest BCUT2D eigenvalue weighted by atomic mass is 35.5. The number of aromatic nitrogens is 2. The predicted octanol–water partition coefficient (Wildman–Crippen LogP) is 7.32. The van der Waals surface area contributed by atoms with Gasteiger partial charge in [0.2, 0.25) is 0 Å². The topological polar surface area (TPSA) is 35.6 Å². The maximum absolute atomic E-state index is 13.2. The molecule has 32 heavy (non-hydrogen) atoms. The SMILES string of the molecule is CCC(=O)c1c(-c2ccc(OC)cc2)c2c3n(c(-c4ccc(Cl)c(Cl)c4)cn13)CCCC2. The molecule has 0 atom stereocenters. The zero-order valence-corrected chi connectivity index (χ0v) is 19.6. The van der Waals surface area contributed by atoms with Crippen LogP contribution in [0, 0.1) is 0 Å². The summed E-state index contributed by atoms with van der Waals surface area (Å²) in [6.07, 6.45) is 5.62. The van der Waals surface area contributed by atoms with Crippen LogP contribution in [0.15, 0.2) is 48.7 Å². The summed E-state index contributed by atoms with van der Waals surface area (Å²) in [5.74, 6) is 0.939. The van der Waals surface area contributed by atoms with Crippen molar-refractivity contribution in [3.63, 3.8) is 0 Å². The number of hydrogen-bond donors (Lipinski definition) is 0. The molecule has 164 valence electrons. The number of nitrogens with zero attached hydrogens (tertiary/aromatic N) is 2. The molecule has 2 aromatic heterocycles. The van der Waals surface area contributed by atoms with Crippen LogP contribution >= 0.6 is 23.2 Å². The number of Topliss-reactive ketones (excluding diaryl/α,β-unsaturated/α-hetero) is 1. The smallest absolute Gasteiger partial charge is 0.179 e. The minimum absolute atomic E-state index is 0.135. The first kappa shape index (κ1) is 21.2. The van der Waals surface area contributed by atoms with Crippen molar-refractivity contribution in [3.8, 4) is 28.1 Å². The third-order valence-electron chi connectivity index (χ3n) is 6.31. The summed E-state index contributed by atoms with van der Waals surface area (Å²) < 4.78 is 9.78. The summed E-state index contributed by atoms with van der Waals surface area (Å²) in [5.41, 5.74) is 7.23. The number of carbonyl (C=O) groups is 1. The van der Waals surface area contributed by atoms with Gasteiger partial charge in [-0.1, -0.05) is 48.3 Å². The second-order valence-electron chi connectivity index (χ2n) is 8.15.